The molecule has 20 heavy (non-hydrogen) atoms. The Morgan fingerprint density at radius 1 is 1.20 bits per heavy atom. The van der Waals surface area contributed by atoms with Crippen LogP contribution in [-0.2, 0) is 13.2 Å². The summed E-state index contributed by atoms with van der Waals surface area (Å²) in [5, 5.41) is 32.5. The Bertz CT molecular complexity index is 628. The fourth-order valence-electron chi connectivity index (χ4n) is 1.80. The zero-order chi connectivity index (χ0) is 14.5. The molecule has 2 aromatic carbocycles. The average Bonchev–Trinajstić information content (AvgIpc) is 2.46. The highest BCUT2D eigenvalue weighted by atomic mass is 16.6. The van der Waals surface area contributed by atoms with Crippen molar-refractivity contribution in [3.05, 3.63) is 63.7 Å². The molecule has 0 saturated carbocycles. The van der Waals surface area contributed by atoms with Crippen LogP contribution in [0.25, 0.3) is 0 Å². The number of rotatable bonds is 5. The van der Waals surface area contributed by atoms with Crippen molar-refractivity contribution in [2.24, 2.45) is 0 Å². The molecule has 6 nitrogen and oxygen atoms in total. The molecule has 0 bridgehead atoms. The minimum absolute atomic E-state index is 0.00131. The van der Waals surface area contributed by atoms with Crippen LogP contribution in [0.5, 0.6) is 5.75 Å². The van der Waals surface area contributed by atoms with E-state index in [2.05, 4.69) is 5.32 Å². The highest BCUT2D eigenvalue weighted by molar-refractivity contribution is 5.49. The summed E-state index contributed by atoms with van der Waals surface area (Å²) in [5.41, 5.74) is 1.90. The second kappa shape index (κ2) is 6.03. The molecule has 0 heterocycles. The van der Waals surface area contributed by atoms with E-state index in [0.29, 0.717) is 5.56 Å². The molecule has 0 aliphatic heterocycles. The normalized spacial score (nSPS) is 10.2. The van der Waals surface area contributed by atoms with E-state index in [0.717, 1.165) is 11.3 Å². The highest BCUT2D eigenvalue weighted by Crippen LogP contribution is 2.24. The first kappa shape index (κ1) is 13.8. The minimum Gasteiger partial charge on any atom is -0.508 e. The zero-order valence-electron chi connectivity index (χ0n) is 10.6. The van der Waals surface area contributed by atoms with Gasteiger partial charge in [0.15, 0.2) is 0 Å². The lowest BCUT2D eigenvalue weighted by molar-refractivity contribution is -0.384. The van der Waals surface area contributed by atoms with Gasteiger partial charge in [-0.3, -0.25) is 10.1 Å². The standard InChI is InChI=1S/C14H14N2O4/c17-9-10-2-1-3-12(6-10)15-8-11-7-13(16(19)20)4-5-14(11)18/h1-7,15,17-18H,8-9H2. The number of aromatic hydroxyl groups is 1. The fraction of sp³-hybridized carbons (Fsp3) is 0.143. The van der Waals surface area contributed by atoms with E-state index in [1.165, 1.54) is 18.2 Å². The van der Waals surface area contributed by atoms with E-state index in [4.69, 9.17) is 5.11 Å². The van der Waals surface area contributed by atoms with Crippen molar-refractivity contribution >= 4 is 11.4 Å². The number of phenolic OH excluding ortho intramolecular Hbond substituents is 1. The molecule has 0 amide bonds. The summed E-state index contributed by atoms with van der Waals surface area (Å²) in [7, 11) is 0. The number of hydrogen-bond donors (Lipinski definition) is 3. The predicted octanol–water partition coefficient (Wildman–Crippen LogP) is 2.40. The van der Waals surface area contributed by atoms with Gasteiger partial charge in [0.1, 0.15) is 5.75 Å². The number of hydrogen-bond acceptors (Lipinski definition) is 5. The Labute approximate surface area is 115 Å². The molecule has 2 aromatic rings. The Morgan fingerprint density at radius 3 is 2.70 bits per heavy atom. The van der Waals surface area contributed by atoms with Gasteiger partial charge in [-0.05, 0) is 23.8 Å². The van der Waals surface area contributed by atoms with Gasteiger partial charge in [-0.2, -0.15) is 0 Å². The Hall–Kier alpha value is -2.60. The molecule has 0 aliphatic carbocycles. The first-order valence-electron chi connectivity index (χ1n) is 6.00. The van der Waals surface area contributed by atoms with Gasteiger partial charge >= 0.3 is 0 Å². The number of nitrogens with one attached hydrogen (secondary N) is 1. The maximum absolute atomic E-state index is 10.7. The molecule has 0 spiro atoms. The maximum Gasteiger partial charge on any atom is 0.270 e. The van der Waals surface area contributed by atoms with E-state index in [1.54, 1.807) is 18.2 Å². The lowest BCUT2D eigenvalue weighted by Gasteiger charge is -2.09. The number of phenols is 1. The number of nitro groups is 1. The lowest BCUT2D eigenvalue weighted by atomic mass is 10.1. The molecule has 0 unspecified atom stereocenters. The number of aliphatic hydroxyl groups excluding tert-OH is 1. The summed E-state index contributed by atoms with van der Waals surface area (Å²) in [5.74, 6) is 0.00131. The number of aliphatic hydroxyl groups is 1. The van der Waals surface area contributed by atoms with Crippen LogP contribution in [0.2, 0.25) is 0 Å². The first-order chi connectivity index (χ1) is 9.60. The summed E-state index contributed by atoms with van der Waals surface area (Å²) < 4.78 is 0. The lowest BCUT2D eigenvalue weighted by Crippen LogP contribution is -2.01. The molecule has 0 aliphatic rings. The van der Waals surface area contributed by atoms with Gasteiger partial charge in [-0.25, -0.2) is 0 Å². The third kappa shape index (κ3) is 3.24. The minimum atomic E-state index is -0.505. The molecule has 104 valence electrons. The molecule has 0 aromatic heterocycles. The van der Waals surface area contributed by atoms with Crippen molar-refractivity contribution in [2.75, 3.05) is 5.32 Å². The molecule has 0 atom stereocenters. The second-order valence-corrected chi connectivity index (χ2v) is 4.28. The summed E-state index contributed by atoms with van der Waals surface area (Å²) >= 11 is 0. The monoisotopic (exact) mass is 274 g/mol. The van der Waals surface area contributed by atoms with Crippen LogP contribution in [0.4, 0.5) is 11.4 Å². The molecular weight excluding hydrogens is 260 g/mol. The van der Waals surface area contributed by atoms with Gasteiger partial charge < -0.3 is 15.5 Å². The van der Waals surface area contributed by atoms with Crippen LogP contribution >= 0.6 is 0 Å². The van der Waals surface area contributed by atoms with Gasteiger partial charge in [0.25, 0.3) is 5.69 Å². The van der Waals surface area contributed by atoms with Crippen molar-refractivity contribution in [2.45, 2.75) is 13.2 Å². The molecule has 0 saturated heterocycles. The van der Waals surface area contributed by atoms with E-state index < -0.39 is 4.92 Å². The van der Waals surface area contributed by atoms with Crippen LogP contribution < -0.4 is 5.32 Å². The predicted molar refractivity (Wildman–Crippen MR) is 74.5 cm³/mol. The van der Waals surface area contributed by atoms with E-state index in [1.807, 2.05) is 6.07 Å². The van der Waals surface area contributed by atoms with Gasteiger partial charge in [-0.1, -0.05) is 12.1 Å². The quantitative estimate of drug-likeness (QED) is 0.574. The number of nitro benzene ring substituents is 1. The number of anilines is 1. The van der Waals surface area contributed by atoms with Crippen molar-refractivity contribution in [3.8, 4) is 5.75 Å². The van der Waals surface area contributed by atoms with Gasteiger partial charge in [-0.15, -0.1) is 0 Å². The third-order valence-corrected chi connectivity index (χ3v) is 2.87. The molecule has 3 N–H and O–H groups in total. The van der Waals surface area contributed by atoms with Gasteiger partial charge in [0, 0.05) is 29.9 Å². The van der Waals surface area contributed by atoms with Crippen LogP contribution in [0.3, 0.4) is 0 Å². The Balaban J connectivity index is 2.13. The smallest absolute Gasteiger partial charge is 0.270 e. The molecule has 0 radical (unpaired) electrons. The Kier molecular flexibility index (Phi) is 4.17. The van der Waals surface area contributed by atoms with Crippen molar-refractivity contribution in [1.82, 2.24) is 0 Å². The molecule has 0 fully saturated rings. The summed E-state index contributed by atoms with van der Waals surface area (Å²) in [6.45, 7) is 0.194. The number of non-ortho nitro benzene ring substituents is 1. The topological polar surface area (TPSA) is 95.6 Å². The highest BCUT2D eigenvalue weighted by Gasteiger charge is 2.10. The summed E-state index contributed by atoms with van der Waals surface area (Å²) in [6.07, 6.45) is 0. The number of nitrogens with zero attached hydrogens (tertiary/aromatic N) is 1. The van der Waals surface area contributed by atoms with Crippen molar-refractivity contribution in [3.63, 3.8) is 0 Å². The van der Waals surface area contributed by atoms with Crippen molar-refractivity contribution in [1.29, 1.82) is 0 Å². The van der Waals surface area contributed by atoms with E-state index in [-0.39, 0.29) is 24.6 Å². The summed E-state index contributed by atoms with van der Waals surface area (Å²) in [6, 6.07) is 11.1. The summed E-state index contributed by atoms with van der Waals surface area (Å²) in [4.78, 5) is 10.2. The molecular formula is C14H14N2O4. The number of benzene rings is 2. The molecule has 6 heteroatoms. The van der Waals surface area contributed by atoms with Gasteiger partial charge in [0.05, 0.1) is 11.5 Å². The zero-order valence-corrected chi connectivity index (χ0v) is 10.6. The Morgan fingerprint density at radius 2 is 2.00 bits per heavy atom. The van der Waals surface area contributed by atoms with Crippen LogP contribution in [-0.4, -0.2) is 15.1 Å². The van der Waals surface area contributed by atoms with Crippen molar-refractivity contribution < 1.29 is 15.1 Å². The second-order valence-electron chi connectivity index (χ2n) is 4.28. The van der Waals surface area contributed by atoms with Crippen LogP contribution in [0, 0.1) is 10.1 Å². The third-order valence-electron chi connectivity index (χ3n) is 2.87. The first-order valence-corrected chi connectivity index (χ1v) is 6.00. The fourth-order valence-corrected chi connectivity index (χ4v) is 1.80. The van der Waals surface area contributed by atoms with Crippen LogP contribution in [0.15, 0.2) is 42.5 Å². The SMILES string of the molecule is O=[N+]([O-])c1ccc(O)c(CNc2cccc(CO)c2)c1. The van der Waals surface area contributed by atoms with Gasteiger partial charge in [0.2, 0.25) is 0 Å². The van der Waals surface area contributed by atoms with E-state index in [9.17, 15) is 15.2 Å². The van der Waals surface area contributed by atoms with E-state index >= 15 is 0 Å². The maximum atomic E-state index is 10.7. The largest absolute Gasteiger partial charge is 0.508 e. The average molecular weight is 274 g/mol. The molecule has 2 rings (SSSR count). The van der Waals surface area contributed by atoms with Crippen LogP contribution in [0.1, 0.15) is 11.1 Å².